The first-order valence-electron chi connectivity index (χ1n) is 5.77. The van der Waals surface area contributed by atoms with Gasteiger partial charge in [-0.15, -0.1) is 0 Å². The molecular formula is C13H19FN2O. The van der Waals surface area contributed by atoms with Gasteiger partial charge in [-0.3, -0.25) is 4.79 Å². The lowest BCUT2D eigenvalue weighted by Crippen LogP contribution is -2.51. The van der Waals surface area contributed by atoms with Crippen LogP contribution in [0.3, 0.4) is 0 Å². The Morgan fingerprint density at radius 2 is 2.24 bits per heavy atom. The van der Waals surface area contributed by atoms with Crippen molar-refractivity contribution in [2.75, 3.05) is 6.54 Å². The number of carbonyl (C=O) groups is 1. The molecule has 94 valence electrons. The normalized spacial score (nSPS) is 14.1. The highest BCUT2D eigenvalue weighted by Crippen LogP contribution is 2.06. The Labute approximate surface area is 101 Å². The minimum Gasteiger partial charge on any atom is -0.354 e. The molecule has 0 aliphatic carbocycles. The number of nitrogens with two attached hydrogens (primary N) is 1. The molecule has 17 heavy (non-hydrogen) atoms. The van der Waals surface area contributed by atoms with Gasteiger partial charge in [0.25, 0.3) is 0 Å². The maximum absolute atomic E-state index is 12.9. The van der Waals surface area contributed by atoms with Crippen molar-refractivity contribution in [1.82, 2.24) is 5.32 Å². The van der Waals surface area contributed by atoms with Gasteiger partial charge in [-0.25, -0.2) is 4.39 Å². The standard InChI is InChI=1S/C13H19FN2O/c1-3-13(2,15)12(17)16-8-7-10-5-4-6-11(14)9-10/h4-6,9H,3,7-8,15H2,1-2H3,(H,16,17). The molecule has 0 radical (unpaired) electrons. The molecule has 4 heteroatoms. The van der Waals surface area contributed by atoms with Crippen LogP contribution in [-0.4, -0.2) is 18.0 Å². The lowest BCUT2D eigenvalue weighted by molar-refractivity contribution is -0.125. The number of carbonyl (C=O) groups excluding carboxylic acids is 1. The van der Waals surface area contributed by atoms with Crippen molar-refractivity contribution in [3.63, 3.8) is 0 Å². The maximum Gasteiger partial charge on any atom is 0.239 e. The zero-order valence-electron chi connectivity index (χ0n) is 10.3. The summed E-state index contributed by atoms with van der Waals surface area (Å²) in [5, 5.41) is 2.76. The Hall–Kier alpha value is -1.42. The second kappa shape index (κ2) is 5.77. The van der Waals surface area contributed by atoms with Gasteiger partial charge in [0, 0.05) is 6.54 Å². The van der Waals surface area contributed by atoms with Gasteiger partial charge in [0.1, 0.15) is 5.82 Å². The van der Waals surface area contributed by atoms with E-state index in [0.717, 1.165) is 5.56 Å². The molecule has 0 saturated carbocycles. The zero-order valence-corrected chi connectivity index (χ0v) is 10.3. The van der Waals surface area contributed by atoms with E-state index in [1.54, 1.807) is 13.0 Å². The second-order valence-corrected chi connectivity index (χ2v) is 4.41. The quantitative estimate of drug-likeness (QED) is 0.819. The molecule has 1 aromatic carbocycles. The Kier molecular flexibility index (Phi) is 4.63. The zero-order chi connectivity index (χ0) is 12.9. The van der Waals surface area contributed by atoms with Crippen LogP contribution in [-0.2, 0) is 11.2 Å². The van der Waals surface area contributed by atoms with Gasteiger partial charge in [-0.1, -0.05) is 19.1 Å². The highest BCUT2D eigenvalue weighted by molar-refractivity contribution is 5.85. The van der Waals surface area contributed by atoms with Gasteiger partial charge in [-0.2, -0.15) is 0 Å². The molecular weight excluding hydrogens is 219 g/mol. The Morgan fingerprint density at radius 1 is 1.53 bits per heavy atom. The van der Waals surface area contributed by atoms with E-state index in [9.17, 15) is 9.18 Å². The van der Waals surface area contributed by atoms with Crippen molar-refractivity contribution in [3.05, 3.63) is 35.6 Å². The first kappa shape index (κ1) is 13.6. The largest absolute Gasteiger partial charge is 0.354 e. The topological polar surface area (TPSA) is 55.1 Å². The van der Waals surface area contributed by atoms with E-state index in [0.29, 0.717) is 19.4 Å². The van der Waals surface area contributed by atoms with Crippen molar-refractivity contribution in [2.45, 2.75) is 32.2 Å². The van der Waals surface area contributed by atoms with Gasteiger partial charge in [0.15, 0.2) is 0 Å². The molecule has 0 fully saturated rings. The summed E-state index contributed by atoms with van der Waals surface area (Å²) in [4.78, 5) is 11.6. The van der Waals surface area contributed by atoms with Crippen molar-refractivity contribution < 1.29 is 9.18 Å². The molecule has 0 saturated heterocycles. The van der Waals surface area contributed by atoms with E-state index in [2.05, 4.69) is 5.32 Å². The van der Waals surface area contributed by atoms with Crippen LogP contribution >= 0.6 is 0 Å². The molecule has 1 aromatic rings. The average Bonchev–Trinajstić information content (AvgIpc) is 2.29. The monoisotopic (exact) mass is 238 g/mol. The number of nitrogens with one attached hydrogen (secondary N) is 1. The van der Waals surface area contributed by atoms with E-state index in [-0.39, 0.29) is 11.7 Å². The second-order valence-electron chi connectivity index (χ2n) is 4.41. The highest BCUT2D eigenvalue weighted by atomic mass is 19.1. The van der Waals surface area contributed by atoms with Gasteiger partial charge in [0.05, 0.1) is 5.54 Å². The fourth-order valence-corrected chi connectivity index (χ4v) is 1.38. The van der Waals surface area contributed by atoms with Gasteiger partial charge in [-0.05, 0) is 37.5 Å². The Balaban J connectivity index is 2.41. The third-order valence-corrected chi connectivity index (χ3v) is 2.84. The molecule has 0 heterocycles. The molecule has 0 aromatic heterocycles. The van der Waals surface area contributed by atoms with Gasteiger partial charge < -0.3 is 11.1 Å². The lowest BCUT2D eigenvalue weighted by atomic mass is 9.99. The summed E-state index contributed by atoms with van der Waals surface area (Å²) in [7, 11) is 0. The van der Waals surface area contributed by atoms with Crippen LogP contribution in [0.15, 0.2) is 24.3 Å². The number of hydrogen-bond acceptors (Lipinski definition) is 2. The van der Waals surface area contributed by atoms with E-state index >= 15 is 0 Å². The minimum absolute atomic E-state index is 0.170. The summed E-state index contributed by atoms with van der Waals surface area (Å²) in [6.07, 6.45) is 1.18. The molecule has 1 rings (SSSR count). The molecule has 1 atom stereocenters. The Bertz CT molecular complexity index is 391. The molecule has 1 amide bonds. The predicted molar refractivity (Wildman–Crippen MR) is 66.0 cm³/mol. The van der Waals surface area contributed by atoms with Crippen LogP contribution in [0.4, 0.5) is 4.39 Å². The molecule has 1 unspecified atom stereocenters. The molecule has 3 nitrogen and oxygen atoms in total. The third-order valence-electron chi connectivity index (χ3n) is 2.84. The fourth-order valence-electron chi connectivity index (χ4n) is 1.38. The number of benzene rings is 1. The molecule has 3 N–H and O–H groups in total. The maximum atomic E-state index is 12.9. The minimum atomic E-state index is -0.831. The number of hydrogen-bond donors (Lipinski definition) is 2. The smallest absolute Gasteiger partial charge is 0.239 e. The summed E-state index contributed by atoms with van der Waals surface area (Å²) >= 11 is 0. The number of amides is 1. The summed E-state index contributed by atoms with van der Waals surface area (Å²) in [6.45, 7) is 4.03. The van der Waals surface area contributed by atoms with E-state index in [1.165, 1.54) is 12.1 Å². The highest BCUT2D eigenvalue weighted by Gasteiger charge is 2.25. The van der Waals surface area contributed by atoms with Crippen molar-refractivity contribution in [3.8, 4) is 0 Å². The molecule has 0 aliphatic heterocycles. The Morgan fingerprint density at radius 3 is 2.82 bits per heavy atom. The average molecular weight is 238 g/mol. The van der Waals surface area contributed by atoms with Gasteiger partial charge in [0.2, 0.25) is 5.91 Å². The van der Waals surface area contributed by atoms with Crippen LogP contribution in [0.1, 0.15) is 25.8 Å². The van der Waals surface area contributed by atoms with Crippen LogP contribution < -0.4 is 11.1 Å². The first-order valence-corrected chi connectivity index (χ1v) is 5.77. The van der Waals surface area contributed by atoms with E-state index in [1.807, 2.05) is 13.0 Å². The van der Waals surface area contributed by atoms with E-state index in [4.69, 9.17) is 5.73 Å². The van der Waals surface area contributed by atoms with Crippen LogP contribution in [0, 0.1) is 5.82 Å². The molecule has 0 bridgehead atoms. The predicted octanol–water partition coefficient (Wildman–Crippen LogP) is 1.61. The number of rotatable bonds is 5. The first-order chi connectivity index (χ1) is 7.95. The third kappa shape index (κ3) is 4.15. The number of halogens is 1. The fraction of sp³-hybridized carbons (Fsp3) is 0.462. The van der Waals surface area contributed by atoms with Crippen molar-refractivity contribution in [2.24, 2.45) is 5.73 Å². The van der Waals surface area contributed by atoms with Crippen molar-refractivity contribution >= 4 is 5.91 Å². The van der Waals surface area contributed by atoms with E-state index < -0.39 is 5.54 Å². The van der Waals surface area contributed by atoms with Crippen LogP contribution in [0.25, 0.3) is 0 Å². The molecule has 0 spiro atoms. The van der Waals surface area contributed by atoms with Crippen LogP contribution in [0.5, 0.6) is 0 Å². The van der Waals surface area contributed by atoms with Crippen LogP contribution in [0.2, 0.25) is 0 Å². The summed E-state index contributed by atoms with van der Waals surface area (Å²) in [5.41, 5.74) is 5.82. The van der Waals surface area contributed by atoms with Gasteiger partial charge >= 0.3 is 0 Å². The SMILES string of the molecule is CCC(C)(N)C(=O)NCCc1cccc(F)c1. The lowest BCUT2D eigenvalue weighted by Gasteiger charge is -2.21. The van der Waals surface area contributed by atoms with Crippen molar-refractivity contribution in [1.29, 1.82) is 0 Å². The summed E-state index contributed by atoms with van der Waals surface area (Å²) < 4.78 is 12.9. The summed E-state index contributed by atoms with van der Waals surface area (Å²) in [6, 6.07) is 6.35. The summed E-state index contributed by atoms with van der Waals surface area (Å²) in [5.74, 6) is -0.428. The molecule has 0 aliphatic rings.